The molecule has 1 saturated heterocycles. The zero-order valence-corrected chi connectivity index (χ0v) is 19.2. The van der Waals surface area contributed by atoms with Gasteiger partial charge in [0.15, 0.2) is 0 Å². The number of piperazine rings is 1. The molecule has 1 aliphatic heterocycles. The second-order valence-corrected chi connectivity index (χ2v) is 8.43. The SMILES string of the molecule is Cc1nc(C)c(Cc2ccc(Cl)cc2)c(N2CCN(C(=O)Nc3ccc(F)cc3F)CC2)n1. The number of aryl methyl sites for hydroxylation is 2. The molecule has 9 heteroatoms. The average molecular weight is 472 g/mol. The second kappa shape index (κ2) is 9.70. The number of aromatic nitrogens is 2. The van der Waals surface area contributed by atoms with Gasteiger partial charge in [-0.25, -0.2) is 23.5 Å². The number of anilines is 2. The van der Waals surface area contributed by atoms with Crippen LogP contribution in [0.3, 0.4) is 0 Å². The van der Waals surface area contributed by atoms with Gasteiger partial charge in [-0.15, -0.1) is 0 Å². The lowest BCUT2D eigenvalue weighted by molar-refractivity contribution is 0.208. The first-order valence-corrected chi connectivity index (χ1v) is 11.0. The number of carbonyl (C=O) groups excluding carboxylic acids is 1. The maximum atomic E-state index is 13.9. The average Bonchev–Trinajstić information content (AvgIpc) is 2.79. The van der Waals surface area contributed by atoms with Crippen LogP contribution in [-0.2, 0) is 6.42 Å². The summed E-state index contributed by atoms with van der Waals surface area (Å²) in [4.78, 5) is 25.6. The van der Waals surface area contributed by atoms with Gasteiger partial charge in [-0.1, -0.05) is 23.7 Å². The number of nitrogens with zero attached hydrogens (tertiary/aromatic N) is 4. The van der Waals surface area contributed by atoms with Crippen LogP contribution in [0.2, 0.25) is 5.02 Å². The number of urea groups is 1. The van der Waals surface area contributed by atoms with Crippen LogP contribution in [0.5, 0.6) is 0 Å². The Morgan fingerprint density at radius 1 is 1.03 bits per heavy atom. The topological polar surface area (TPSA) is 61.4 Å². The Bertz CT molecular complexity index is 1160. The lowest BCUT2D eigenvalue weighted by atomic mass is 10.0. The number of carbonyl (C=O) groups is 1. The van der Waals surface area contributed by atoms with E-state index in [2.05, 4.69) is 15.2 Å². The van der Waals surface area contributed by atoms with E-state index in [0.717, 1.165) is 34.8 Å². The van der Waals surface area contributed by atoms with Crippen molar-refractivity contribution in [1.29, 1.82) is 0 Å². The molecule has 0 aliphatic carbocycles. The first-order chi connectivity index (χ1) is 15.8. The van der Waals surface area contributed by atoms with Crippen molar-refractivity contribution in [3.63, 3.8) is 0 Å². The molecule has 2 aromatic carbocycles. The summed E-state index contributed by atoms with van der Waals surface area (Å²) in [6.45, 7) is 5.87. The van der Waals surface area contributed by atoms with Crippen molar-refractivity contribution in [3.05, 3.63) is 81.8 Å². The number of nitrogens with one attached hydrogen (secondary N) is 1. The largest absolute Gasteiger partial charge is 0.353 e. The number of hydrogen-bond donors (Lipinski definition) is 1. The van der Waals surface area contributed by atoms with Crippen LogP contribution >= 0.6 is 11.6 Å². The van der Waals surface area contributed by atoms with Gasteiger partial charge in [-0.05, 0) is 43.7 Å². The molecule has 0 atom stereocenters. The molecule has 1 aromatic heterocycles. The standard InChI is InChI=1S/C24H24ClF2N5O/c1-15-20(13-17-3-5-18(25)6-4-17)23(29-16(2)28-15)31-9-11-32(12-10-31)24(33)30-22-8-7-19(26)14-21(22)27/h3-8,14H,9-13H2,1-2H3,(H,30,33). The lowest BCUT2D eigenvalue weighted by Gasteiger charge is -2.36. The summed E-state index contributed by atoms with van der Waals surface area (Å²) < 4.78 is 27.0. The number of halogens is 3. The Kier molecular flexibility index (Phi) is 6.74. The van der Waals surface area contributed by atoms with E-state index in [1.807, 2.05) is 38.1 Å². The minimum absolute atomic E-state index is 0.0452. The van der Waals surface area contributed by atoms with Gasteiger partial charge in [0.1, 0.15) is 23.3 Å². The molecule has 3 aromatic rings. The molecular weight excluding hydrogens is 448 g/mol. The number of amides is 2. The molecule has 6 nitrogen and oxygen atoms in total. The van der Waals surface area contributed by atoms with Gasteiger partial charge in [-0.3, -0.25) is 0 Å². The van der Waals surface area contributed by atoms with Gasteiger partial charge in [0.05, 0.1) is 5.69 Å². The van der Waals surface area contributed by atoms with E-state index < -0.39 is 17.7 Å². The molecule has 1 fully saturated rings. The third-order valence-corrected chi connectivity index (χ3v) is 5.89. The molecule has 0 unspecified atom stereocenters. The van der Waals surface area contributed by atoms with Crippen LogP contribution in [-0.4, -0.2) is 47.1 Å². The monoisotopic (exact) mass is 471 g/mol. The van der Waals surface area contributed by atoms with Crippen molar-refractivity contribution in [2.75, 3.05) is 36.4 Å². The predicted molar refractivity (Wildman–Crippen MR) is 125 cm³/mol. The van der Waals surface area contributed by atoms with Gasteiger partial charge >= 0.3 is 6.03 Å². The Morgan fingerprint density at radius 2 is 1.73 bits per heavy atom. The Labute approximate surface area is 196 Å². The molecule has 2 heterocycles. The van der Waals surface area contributed by atoms with E-state index in [1.54, 1.807) is 4.90 Å². The molecule has 0 radical (unpaired) electrons. The Morgan fingerprint density at radius 3 is 2.39 bits per heavy atom. The molecule has 4 rings (SSSR count). The van der Waals surface area contributed by atoms with E-state index >= 15 is 0 Å². The fourth-order valence-corrected chi connectivity index (χ4v) is 4.03. The van der Waals surface area contributed by atoms with Gasteiger partial charge in [0.2, 0.25) is 0 Å². The summed E-state index contributed by atoms with van der Waals surface area (Å²) in [7, 11) is 0. The lowest BCUT2D eigenvalue weighted by Crippen LogP contribution is -2.50. The first kappa shape index (κ1) is 22.9. The smallest absolute Gasteiger partial charge is 0.322 e. The molecule has 0 bridgehead atoms. The summed E-state index contributed by atoms with van der Waals surface area (Å²) in [5.74, 6) is 0.0543. The molecule has 1 N–H and O–H groups in total. The third-order valence-electron chi connectivity index (χ3n) is 5.64. The van der Waals surface area contributed by atoms with E-state index in [0.29, 0.717) is 43.4 Å². The van der Waals surface area contributed by atoms with Crippen LogP contribution in [0, 0.1) is 25.5 Å². The quantitative estimate of drug-likeness (QED) is 0.583. The highest BCUT2D eigenvalue weighted by Crippen LogP contribution is 2.26. The normalized spacial score (nSPS) is 13.8. The van der Waals surface area contributed by atoms with Gasteiger partial charge < -0.3 is 15.1 Å². The summed E-state index contributed by atoms with van der Waals surface area (Å²) in [6.07, 6.45) is 0.670. The van der Waals surface area contributed by atoms with Gasteiger partial charge in [0.25, 0.3) is 0 Å². The Hall–Kier alpha value is -3.26. The molecule has 0 spiro atoms. The summed E-state index contributed by atoms with van der Waals surface area (Å²) in [5.41, 5.74) is 3.01. The first-order valence-electron chi connectivity index (χ1n) is 10.6. The molecule has 172 valence electrons. The zero-order chi connectivity index (χ0) is 23.5. The highest BCUT2D eigenvalue weighted by molar-refractivity contribution is 6.30. The fraction of sp³-hybridized carbons (Fsp3) is 0.292. The molecule has 2 amide bonds. The Balaban J connectivity index is 1.46. The fourth-order valence-electron chi connectivity index (χ4n) is 3.90. The summed E-state index contributed by atoms with van der Waals surface area (Å²) in [6, 6.07) is 10.4. The summed E-state index contributed by atoms with van der Waals surface area (Å²) in [5, 5.41) is 3.20. The van der Waals surface area contributed by atoms with Crippen LogP contribution in [0.1, 0.15) is 22.6 Å². The van der Waals surface area contributed by atoms with Crippen molar-refractivity contribution < 1.29 is 13.6 Å². The van der Waals surface area contributed by atoms with Crippen LogP contribution < -0.4 is 10.2 Å². The van der Waals surface area contributed by atoms with Gasteiger partial charge in [0, 0.05) is 54.9 Å². The second-order valence-electron chi connectivity index (χ2n) is 7.99. The highest BCUT2D eigenvalue weighted by Gasteiger charge is 2.25. The van der Waals surface area contributed by atoms with E-state index in [-0.39, 0.29) is 5.69 Å². The highest BCUT2D eigenvalue weighted by atomic mass is 35.5. The molecule has 1 aliphatic rings. The van der Waals surface area contributed by atoms with Crippen molar-refractivity contribution in [2.45, 2.75) is 20.3 Å². The van der Waals surface area contributed by atoms with Gasteiger partial charge in [-0.2, -0.15) is 0 Å². The van der Waals surface area contributed by atoms with Crippen molar-refractivity contribution in [2.24, 2.45) is 0 Å². The van der Waals surface area contributed by atoms with E-state index in [1.165, 1.54) is 6.07 Å². The van der Waals surface area contributed by atoms with Crippen molar-refractivity contribution in [1.82, 2.24) is 14.9 Å². The number of hydrogen-bond acceptors (Lipinski definition) is 4. The predicted octanol–water partition coefficient (Wildman–Crippen LogP) is 4.97. The zero-order valence-electron chi connectivity index (χ0n) is 18.4. The third kappa shape index (κ3) is 5.39. The van der Waals surface area contributed by atoms with Crippen molar-refractivity contribution >= 4 is 29.1 Å². The maximum Gasteiger partial charge on any atom is 0.322 e. The van der Waals surface area contributed by atoms with Crippen LogP contribution in [0.4, 0.5) is 25.1 Å². The maximum absolute atomic E-state index is 13.9. The molecule has 33 heavy (non-hydrogen) atoms. The number of rotatable bonds is 4. The van der Waals surface area contributed by atoms with E-state index in [4.69, 9.17) is 16.6 Å². The van der Waals surface area contributed by atoms with Crippen LogP contribution in [0.25, 0.3) is 0 Å². The van der Waals surface area contributed by atoms with Crippen LogP contribution in [0.15, 0.2) is 42.5 Å². The minimum atomic E-state index is -0.805. The van der Waals surface area contributed by atoms with E-state index in [9.17, 15) is 13.6 Å². The summed E-state index contributed by atoms with van der Waals surface area (Å²) >= 11 is 6.02. The molecular formula is C24H24ClF2N5O. The van der Waals surface area contributed by atoms with Crippen molar-refractivity contribution in [3.8, 4) is 0 Å². The minimum Gasteiger partial charge on any atom is -0.353 e. The molecule has 0 saturated carbocycles. The number of benzene rings is 2.